The van der Waals surface area contributed by atoms with Crippen LogP contribution in [0.5, 0.6) is 0 Å². The number of carbonyl (C=O) groups excluding carboxylic acids is 2. The van der Waals surface area contributed by atoms with Crippen LogP contribution in [-0.4, -0.2) is 23.3 Å². The highest BCUT2D eigenvalue weighted by Gasteiger charge is 2.18. The summed E-state index contributed by atoms with van der Waals surface area (Å²) in [6.45, 7) is 6.02. The molecule has 0 unspecified atom stereocenters. The van der Waals surface area contributed by atoms with Crippen LogP contribution in [0, 0.1) is 0 Å². The van der Waals surface area contributed by atoms with E-state index in [2.05, 4.69) is 16.9 Å². The number of hydrogen-bond acceptors (Lipinski definition) is 4. The molecule has 1 aromatic heterocycles. The molecule has 1 N–H and O–H groups in total. The molecule has 0 saturated heterocycles. The van der Waals surface area contributed by atoms with Crippen molar-refractivity contribution in [3.8, 4) is 0 Å². The summed E-state index contributed by atoms with van der Waals surface area (Å²) in [5, 5.41) is 5.18. The highest BCUT2D eigenvalue weighted by atomic mass is 32.1. The van der Waals surface area contributed by atoms with Crippen LogP contribution < -0.4 is 10.2 Å². The van der Waals surface area contributed by atoms with Crippen molar-refractivity contribution in [1.29, 1.82) is 0 Å². The summed E-state index contributed by atoms with van der Waals surface area (Å²) in [4.78, 5) is 29.7. The molecule has 2 amide bonds. The maximum atomic E-state index is 12.6. The lowest BCUT2D eigenvalue weighted by Gasteiger charge is -2.19. The van der Waals surface area contributed by atoms with E-state index in [0.29, 0.717) is 22.9 Å². The smallest absolute Gasteiger partial charge is 0.260 e. The zero-order valence-corrected chi connectivity index (χ0v) is 13.1. The number of amides is 2. The molecule has 5 nitrogen and oxygen atoms in total. The van der Waals surface area contributed by atoms with Crippen molar-refractivity contribution in [2.75, 3.05) is 16.8 Å². The van der Waals surface area contributed by atoms with Crippen molar-refractivity contribution in [3.63, 3.8) is 0 Å². The molecule has 0 fully saturated rings. The van der Waals surface area contributed by atoms with Crippen LogP contribution in [0.4, 0.5) is 10.8 Å². The summed E-state index contributed by atoms with van der Waals surface area (Å²) in [6, 6.07) is 6.77. The van der Waals surface area contributed by atoms with Crippen molar-refractivity contribution >= 4 is 34.0 Å². The second-order valence-electron chi connectivity index (χ2n) is 4.54. The zero-order chi connectivity index (χ0) is 15.9. The van der Waals surface area contributed by atoms with Crippen LogP contribution in [0.25, 0.3) is 0 Å². The van der Waals surface area contributed by atoms with Crippen molar-refractivity contribution in [3.05, 3.63) is 54.1 Å². The van der Waals surface area contributed by atoms with Gasteiger partial charge in [0, 0.05) is 29.4 Å². The summed E-state index contributed by atoms with van der Waals surface area (Å²) >= 11 is 1.43. The number of nitrogens with zero attached hydrogens (tertiary/aromatic N) is 2. The van der Waals surface area contributed by atoms with Gasteiger partial charge in [0.1, 0.15) is 0 Å². The molecule has 1 aromatic carbocycles. The van der Waals surface area contributed by atoms with Gasteiger partial charge in [0.05, 0.1) is 0 Å². The van der Waals surface area contributed by atoms with E-state index in [1.54, 1.807) is 35.4 Å². The van der Waals surface area contributed by atoms with E-state index in [4.69, 9.17) is 0 Å². The highest BCUT2D eigenvalue weighted by molar-refractivity contribution is 7.13. The second kappa shape index (κ2) is 7.51. The van der Waals surface area contributed by atoms with Crippen LogP contribution >= 0.6 is 11.3 Å². The molecule has 0 aliphatic heterocycles. The summed E-state index contributed by atoms with van der Waals surface area (Å²) in [5.74, 6) is -0.382. The largest absolute Gasteiger partial charge is 0.323 e. The third kappa shape index (κ3) is 3.79. The monoisotopic (exact) mass is 315 g/mol. The normalized spacial score (nSPS) is 10.0. The van der Waals surface area contributed by atoms with Crippen LogP contribution in [0.2, 0.25) is 0 Å². The average Bonchev–Trinajstić information content (AvgIpc) is 3.06. The first-order chi connectivity index (χ1) is 10.7. The minimum Gasteiger partial charge on any atom is -0.323 e. The number of thiazole rings is 1. The topological polar surface area (TPSA) is 62.3 Å². The first kappa shape index (κ1) is 15.9. The molecule has 22 heavy (non-hydrogen) atoms. The van der Waals surface area contributed by atoms with Gasteiger partial charge in [-0.1, -0.05) is 13.5 Å². The predicted molar refractivity (Wildman–Crippen MR) is 89.4 cm³/mol. The molecule has 0 atom stereocenters. The van der Waals surface area contributed by atoms with E-state index < -0.39 is 0 Å². The molecule has 1 heterocycles. The molecular formula is C16H17N3O2S. The van der Waals surface area contributed by atoms with Gasteiger partial charge in [0.2, 0.25) is 5.91 Å². The number of aromatic nitrogens is 1. The summed E-state index contributed by atoms with van der Waals surface area (Å²) in [6.07, 6.45) is 3.73. The Bertz CT molecular complexity index is 651. The fourth-order valence-corrected chi connectivity index (χ4v) is 2.57. The lowest BCUT2D eigenvalue weighted by Crippen LogP contribution is -2.31. The zero-order valence-electron chi connectivity index (χ0n) is 12.3. The number of anilines is 2. The Morgan fingerprint density at radius 2 is 2.09 bits per heavy atom. The molecule has 0 aliphatic carbocycles. The second-order valence-corrected chi connectivity index (χ2v) is 5.42. The number of nitrogens with one attached hydrogen (secondary N) is 1. The van der Waals surface area contributed by atoms with Crippen LogP contribution in [0.15, 0.2) is 48.5 Å². The van der Waals surface area contributed by atoms with E-state index in [0.717, 1.165) is 6.42 Å². The van der Waals surface area contributed by atoms with Crippen molar-refractivity contribution < 1.29 is 9.59 Å². The third-order valence-corrected chi connectivity index (χ3v) is 3.72. The van der Waals surface area contributed by atoms with Gasteiger partial charge in [0.25, 0.3) is 5.91 Å². The molecule has 0 spiro atoms. The number of rotatable bonds is 6. The Hall–Kier alpha value is -2.47. The van der Waals surface area contributed by atoms with Crippen molar-refractivity contribution in [1.82, 2.24) is 4.98 Å². The Kier molecular flexibility index (Phi) is 5.43. The van der Waals surface area contributed by atoms with Crippen LogP contribution in [0.1, 0.15) is 23.7 Å². The summed E-state index contributed by atoms with van der Waals surface area (Å²) in [5.41, 5.74) is 1.18. The van der Waals surface area contributed by atoms with E-state index in [-0.39, 0.29) is 11.8 Å². The molecule has 0 aliphatic rings. The Balaban J connectivity index is 2.17. The number of benzene rings is 1. The Morgan fingerprint density at radius 1 is 1.36 bits per heavy atom. The van der Waals surface area contributed by atoms with Gasteiger partial charge in [-0.25, -0.2) is 4.98 Å². The maximum absolute atomic E-state index is 12.6. The van der Waals surface area contributed by atoms with E-state index in [9.17, 15) is 9.59 Å². The van der Waals surface area contributed by atoms with Gasteiger partial charge < -0.3 is 5.32 Å². The fraction of sp³-hybridized carbons (Fsp3) is 0.188. The molecule has 6 heteroatoms. The van der Waals surface area contributed by atoms with Crippen LogP contribution in [-0.2, 0) is 4.79 Å². The quantitative estimate of drug-likeness (QED) is 0.832. The Labute approximate surface area is 133 Å². The number of hydrogen-bond donors (Lipinski definition) is 1. The molecular weight excluding hydrogens is 298 g/mol. The van der Waals surface area contributed by atoms with Gasteiger partial charge >= 0.3 is 0 Å². The van der Waals surface area contributed by atoms with Gasteiger partial charge in [0.15, 0.2) is 5.13 Å². The molecule has 0 bridgehead atoms. The molecule has 114 valence electrons. The number of carbonyl (C=O) groups is 2. The summed E-state index contributed by atoms with van der Waals surface area (Å²) < 4.78 is 0. The first-order valence-corrected chi connectivity index (χ1v) is 7.78. The molecule has 2 aromatic rings. The van der Waals surface area contributed by atoms with E-state index in [1.807, 2.05) is 12.3 Å². The predicted octanol–water partition coefficient (Wildman–Crippen LogP) is 3.32. The van der Waals surface area contributed by atoms with Gasteiger partial charge in [-0.05, 0) is 36.8 Å². The van der Waals surface area contributed by atoms with Gasteiger partial charge in [-0.15, -0.1) is 11.3 Å². The van der Waals surface area contributed by atoms with Crippen molar-refractivity contribution in [2.45, 2.75) is 13.3 Å². The lowest BCUT2D eigenvalue weighted by atomic mass is 10.1. The van der Waals surface area contributed by atoms with Crippen LogP contribution in [0.3, 0.4) is 0 Å². The minimum atomic E-state index is -0.283. The van der Waals surface area contributed by atoms with E-state index in [1.165, 1.54) is 17.4 Å². The molecule has 2 rings (SSSR count). The van der Waals surface area contributed by atoms with Crippen molar-refractivity contribution in [2.24, 2.45) is 0 Å². The van der Waals surface area contributed by atoms with Gasteiger partial charge in [-0.3, -0.25) is 14.5 Å². The molecule has 0 saturated carbocycles. The molecule has 0 radical (unpaired) electrons. The standard InChI is InChI=1S/C16H17N3O2S/c1-3-10-19(16-17-9-11-22-16)15(21)12-5-7-13(8-6-12)18-14(20)4-2/h4-9,11H,2-3,10H2,1H3,(H,18,20). The van der Waals surface area contributed by atoms with Gasteiger partial charge in [-0.2, -0.15) is 0 Å². The highest BCUT2D eigenvalue weighted by Crippen LogP contribution is 2.21. The third-order valence-electron chi connectivity index (χ3n) is 2.93. The maximum Gasteiger partial charge on any atom is 0.260 e. The SMILES string of the molecule is C=CC(=O)Nc1ccc(C(=O)N(CCC)c2nccs2)cc1. The van der Waals surface area contributed by atoms with E-state index >= 15 is 0 Å². The average molecular weight is 315 g/mol. The Morgan fingerprint density at radius 3 is 2.64 bits per heavy atom. The summed E-state index contributed by atoms with van der Waals surface area (Å²) in [7, 11) is 0. The first-order valence-electron chi connectivity index (χ1n) is 6.90. The lowest BCUT2D eigenvalue weighted by molar-refractivity contribution is -0.111. The minimum absolute atomic E-state index is 0.0987. The fourth-order valence-electron chi connectivity index (χ4n) is 1.90.